The molecular formula is C16H26Br2S. The molecule has 0 fully saturated rings. The van der Waals surface area contributed by atoms with Crippen LogP contribution in [0.4, 0.5) is 0 Å². The van der Waals surface area contributed by atoms with E-state index < -0.39 is 0 Å². The molecule has 1 heterocycles. The van der Waals surface area contributed by atoms with Gasteiger partial charge in [-0.05, 0) is 37.1 Å². The summed E-state index contributed by atoms with van der Waals surface area (Å²) in [6, 6.07) is 4.38. The Kier molecular flexibility index (Phi) is 10.6. The monoisotopic (exact) mass is 408 g/mol. The smallest absolute Gasteiger partial charge is 0.0194 e. The fourth-order valence-corrected chi connectivity index (χ4v) is 4.43. The van der Waals surface area contributed by atoms with Crippen LogP contribution in [0, 0.1) is 0 Å². The Bertz CT molecular complexity index is 298. The Balaban J connectivity index is 2.01. The van der Waals surface area contributed by atoms with Crippen molar-refractivity contribution in [2.45, 2.75) is 74.4 Å². The van der Waals surface area contributed by atoms with E-state index in [1.807, 2.05) is 11.3 Å². The van der Waals surface area contributed by atoms with E-state index in [1.54, 1.807) is 0 Å². The summed E-state index contributed by atoms with van der Waals surface area (Å²) in [5, 5.41) is 2.17. The molecule has 1 rings (SSSR count). The van der Waals surface area contributed by atoms with Crippen LogP contribution in [0.5, 0.6) is 0 Å². The van der Waals surface area contributed by atoms with Gasteiger partial charge in [-0.2, -0.15) is 0 Å². The van der Waals surface area contributed by atoms with Crippen LogP contribution in [0.25, 0.3) is 0 Å². The Labute approximate surface area is 139 Å². The lowest BCUT2D eigenvalue weighted by Gasteiger charge is -2.13. The fraction of sp³-hybridized carbons (Fsp3) is 0.750. The molecule has 19 heavy (non-hydrogen) atoms. The van der Waals surface area contributed by atoms with Gasteiger partial charge in [-0.1, -0.05) is 77.0 Å². The first-order valence-electron chi connectivity index (χ1n) is 7.53. The second-order valence-corrected chi connectivity index (χ2v) is 8.88. The standard InChI is InChI=1S/C16H26Br2S/c1-2-3-4-5-6-8-14(17)10-11-15(18)13-16-9-7-12-19-16/h7,9,12,14-15H,2-6,8,10-11,13H2,1H3. The lowest BCUT2D eigenvalue weighted by Crippen LogP contribution is -2.06. The maximum atomic E-state index is 3.84. The number of alkyl halides is 2. The van der Waals surface area contributed by atoms with Crippen molar-refractivity contribution in [1.82, 2.24) is 0 Å². The third kappa shape index (κ3) is 9.25. The molecule has 0 saturated heterocycles. The van der Waals surface area contributed by atoms with Crippen LogP contribution >= 0.6 is 43.2 Å². The van der Waals surface area contributed by atoms with Crippen LogP contribution < -0.4 is 0 Å². The number of hydrogen-bond acceptors (Lipinski definition) is 1. The minimum atomic E-state index is 0.631. The molecule has 0 radical (unpaired) electrons. The van der Waals surface area contributed by atoms with Gasteiger partial charge in [-0.3, -0.25) is 0 Å². The van der Waals surface area contributed by atoms with Gasteiger partial charge in [0.2, 0.25) is 0 Å². The molecule has 0 saturated carbocycles. The van der Waals surface area contributed by atoms with E-state index in [1.165, 1.54) is 62.7 Å². The molecule has 2 unspecified atom stereocenters. The lowest BCUT2D eigenvalue weighted by atomic mass is 10.1. The average molecular weight is 410 g/mol. The van der Waals surface area contributed by atoms with Crippen molar-refractivity contribution < 1.29 is 0 Å². The molecule has 0 nitrogen and oxygen atoms in total. The molecule has 3 heteroatoms. The molecule has 0 aromatic carbocycles. The van der Waals surface area contributed by atoms with Crippen LogP contribution in [0.2, 0.25) is 0 Å². The second-order valence-electron chi connectivity index (χ2n) is 5.26. The normalized spacial score (nSPS) is 14.5. The SMILES string of the molecule is CCCCCCCC(Br)CCC(Br)Cc1cccs1. The highest BCUT2D eigenvalue weighted by atomic mass is 79.9. The third-order valence-electron chi connectivity index (χ3n) is 3.42. The summed E-state index contributed by atoms with van der Waals surface area (Å²) in [5.41, 5.74) is 0. The van der Waals surface area contributed by atoms with E-state index in [4.69, 9.17) is 0 Å². The van der Waals surface area contributed by atoms with Gasteiger partial charge in [0.15, 0.2) is 0 Å². The summed E-state index contributed by atoms with van der Waals surface area (Å²) in [4.78, 5) is 2.83. The zero-order valence-electron chi connectivity index (χ0n) is 11.9. The summed E-state index contributed by atoms with van der Waals surface area (Å²) in [5.74, 6) is 0. The number of hydrogen-bond donors (Lipinski definition) is 0. The quantitative estimate of drug-likeness (QED) is 0.273. The molecule has 0 bridgehead atoms. The molecule has 0 N–H and O–H groups in total. The molecule has 0 aliphatic rings. The molecule has 1 aromatic rings. The second kappa shape index (κ2) is 11.3. The molecule has 2 atom stereocenters. The van der Waals surface area contributed by atoms with Crippen LogP contribution in [0.1, 0.15) is 63.2 Å². The first-order chi connectivity index (χ1) is 9.22. The van der Waals surface area contributed by atoms with E-state index in [0.717, 1.165) is 0 Å². The van der Waals surface area contributed by atoms with E-state index in [-0.39, 0.29) is 0 Å². The number of rotatable bonds is 11. The largest absolute Gasteiger partial charge is 0.149 e. The minimum absolute atomic E-state index is 0.631. The van der Waals surface area contributed by atoms with E-state index in [9.17, 15) is 0 Å². The van der Waals surface area contributed by atoms with E-state index in [2.05, 4.69) is 56.3 Å². The molecule has 1 aromatic heterocycles. The van der Waals surface area contributed by atoms with Crippen molar-refractivity contribution in [1.29, 1.82) is 0 Å². The van der Waals surface area contributed by atoms with Gasteiger partial charge in [0, 0.05) is 14.5 Å². The predicted molar refractivity (Wildman–Crippen MR) is 96.1 cm³/mol. The number of halogens is 2. The van der Waals surface area contributed by atoms with Crippen LogP contribution in [-0.4, -0.2) is 9.65 Å². The van der Waals surface area contributed by atoms with Gasteiger partial charge in [-0.15, -0.1) is 11.3 Å². The molecule has 110 valence electrons. The number of thiophene rings is 1. The van der Waals surface area contributed by atoms with Crippen molar-refractivity contribution >= 4 is 43.2 Å². The van der Waals surface area contributed by atoms with Crippen molar-refractivity contribution in [2.75, 3.05) is 0 Å². The highest BCUT2D eigenvalue weighted by Gasteiger charge is 2.10. The van der Waals surface area contributed by atoms with Crippen molar-refractivity contribution in [3.8, 4) is 0 Å². The Morgan fingerprint density at radius 2 is 1.74 bits per heavy atom. The average Bonchev–Trinajstić information content (AvgIpc) is 2.89. The first kappa shape index (κ1) is 17.7. The highest BCUT2D eigenvalue weighted by molar-refractivity contribution is 9.09. The zero-order chi connectivity index (χ0) is 13.9. The van der Waals surface area contributed by atoms with Crippen LogP contribution in [-0.2, 0) is 6.42 Å². The summed E-state index contributed by atoms with van der Waals surface area (Å²) in [6.07, 6.45) is 12.0. The Morgan fingerprint density at radius 1 is 1.00 bits per heavy atom. The molecule has 0 aliphatic carbocycles. The fourth-order valence-electron chi connectivity index (χ4n) is 2.22. The lowest BCUT2D eigenvalue weighted by molar-refractivity contribution is 0.574. The van der Waals surface area contributed by atoms with Crippen LogP contribution in [0.15, 0.2) is 17.5 Å². The van der Waals surface area contributed by atoms with Gasteiger partial charge in [-0.25, -0.2) is 0 Å². The maximum absolute atomic E-state index is 3.84. The van der Waals surface area contributed by atoms with Gasteiger partial charge >= 0.3 is 0 Å². The van der Waals surface area contributed by atoms with Crippen LogP contribution in [0.3, 0.4) is 0 Å². The number of unbranched alkanes of at least 4 members (excludes halogenated alkanes) is 4. The Morgan fingerprint density at radius 3 is 2.42 bits per heavy atom. The molecule has 0 spiro atoms. The van der Waals surface area contributed by atoms with Gasteiger partial charge in [0.1, 0.15) is 0 Å². The maximum Gasteiger partial charge on any atom is 0.0194 e. The van der Waals surface area contributed by atoms with Gasteiger partial charge < -0.3 is 0 Å². The van der Waals surface area contributed by atoms with Crippen molar-refractivity contribution in [2.24, 2.45) is 0 Å². The first-order valence-corrected chi connectivity index (χ1v) is 10.2. The topological polar surface area (TPSA) is 0 Å². The van der Waals surface area contributed by atoms with Crippen molar-refractivity contribution in [3.05, 3.63) is 22.4 Å². The molecule has 0 amide bonds. The van der Waals surface area contributed by atoms with Gasteiger partial charge in [0.25, 0.3) is 0 Å². The Hall–Kier alpha value is 0.660. The van der Waals surface area contributed by atoms with E-state index in [0.29, 0.717) is 9.65 Å². The summed E-state index contributed by atoms with van der Waals surface area (Å²) in [7, 11) is 0. The van der Waals surface area contributed by atoms with E-state index >= 15 is 0 Å². The van der Waals surface area contributed by atoms with Gasteiger partial charge in [0.05, 0.1) is 0 Å². The zero-order valence-corrected chi connectivity index (χ0v) is 15.9. The molecular weight excluding hydrogens is 384 g/mol. The third-order valence-corrected chi connectivity index (χ3v) is 6.01. The summed E-state index contributed by atoms with van der Waals surface area (Å²) < 4.78 is 0. The summed E-state index contributed by atoms with van der Waals surface area (Å²) >= 11 is 9.52. The van der Waals surface area contributed by atoms with Crippen molar-refractivity contribution in [3.63, 3.8) is 0 Å². The minimum Gasteiger partial charge on any atom is -0.149 e. The molecule has 0 aliphatic heterocycles. The highest BCUT2D eigenvalue weighted by Crippen LogP contribution is 2.23. The summed E-state index contributed by atoms with van der Waals surface area (Å²) in [6.45, 7) is 2.27. The predicted octanol–water partition coefficient (Wildman–Crippen LogP) is 6.96.